The van der Waals surface area contributed by atoms with Crippen molar-refractivity contribution in [3.63, 3.8) is 0 Å². The Bertz CT molecular complexity index is 3550. The number of fused-ring (bicyclic) bond motifs is 14. The van der Waals surface area contributed by atoms with Crippen LogP contribution in [0.15, 0.2) is 146 Å². The van der Waals surface area contributed by atoms with E-state index < -0.39 is 23.9 Å². The van der Waals surface area contributed by atoms with E-state index in [2.05, 4.69) is 9.97 Å². The zero-order chi connectivity index (χ0) is 53.1. The van der Waals surface area contributed by atoms with E-state index in [1.165, 1.54) is 28.4 Å². The zero-order valence-corrected chi connectivity index (χ0v) is 43.0. The molecular weight excluding hydrogens is 953 g/mol. The second-order valence-corrected chi connectivity index (χ2v) is 19.0. The molecule has 9 aromatic rings. The van der Waals surface area contributed by atoms with Gasteiger partial charge in [-0.25, -0.2) is 29.1 Å². The molecule has 76 heavy (non-hydrogen) atoms. The van der Waals surface area contributed by atoms with E-state index in [0.717, 1.165) is 44.5 Å². The largest absolute Gasteiger partial charge is 0.465 e. The monoisotopic (exact) mass is 1000 g/mol. The Morgan fingerprint density at radius 1 is 0.316 bits per heavy atom. The quantitative estimate of drug-likeness (QED) is 0.111. The van der Waals surface area contributed by atoms with E-state index >= 15 is 0 Å². The molecule has 3 aromatic heterocycles. The number of benzene rings is 6. The van der Waals surface area contributed by atoms with E-state index in [0.29, 0.717) is 89.4 Å². The van der Waals surface area contributed by atoms with Gasteiger partial charge >= 0.3 is 23.9 Å². The van der Waals surface area contributed by atoms with E-state index in [1.54, 1.807) is 24.3 Å². The van der Waals surface area contributed by atoms with Crippen molar-refractivity contribution in [2.45, 2.75) is 27.7 Å². The Labute approximate surface area is 438 Å². The molecule has 0 saturated heterocycles. The van der Waals surface area contributed by atoms with Crippen LogP contribution in [0, 0.1) is 27.7 Å². The van der Waals surface area contributed by atoms with Crippen molar-refractivity contribution >= 4 is 45.9 Å². The highest BCUT2D eigenvalue weighted by molar-refractivity contribution is 6.13. The predicted molar refractivity (Wildman–Crippen MR) is 296 cm³/mol. The van der Waals surface area contributed by atoms with Crippen molar-refractivity contribution in [2.24, 2.45) is 0 Å². The van der Waals surface area contributed by atoms with Crippen molar-refractivity contribution in [3.8, 4) is 89.5 Å². The van der Waals surface area contributed by atoms with Gasteiger partial charge in [0, 0.05) is 66.6 Å². The van der Waals surface area contributed by atoms with Crippen molar-refractivity contribution < 1.29 is 38.1 Å². The van der Waals surface area contributed by atoms with Crippen LogP contribution >= 0.6 is 0 Å². The number of nitrogens with zero attached hydrogens (tertiary/aromatic N) is 2. The molecule has 11 rings (SSSR count). The second-order valence-electron chi connectivity index (χ2n) is 19.0. The van der Waals surface area contributed by atoms with E-state index in [9.17, 15) is 19.2 Å². The number of hydrogen-bond donors (Lipinski definition) is 2. The van der Waals surface area contributed by atoms with Crippen molar-refractivity contribution in [3.05, 3.63) is 190 Å². The molecule has 2 aliphatic rings. The summed E-state index contributed by atoms with van der Waals surface area (Å²) in [5.74, 6) is -2.87. The number of carbonyl (C=O) groups is 4. The molecule has 12 nitrogen and oxygen atoms in total. The molecule has 0 saturated carbocycles. The first-order valence-electron chi connectivity index (χ1n) is 24.6. The summed E-state index contributed by atoms with van der Waals surface area (Å²) in [6.07, 6.45) is 0. The lowest BCUT2D eigenvalue weighted by atomic mass is 9.91. The Morgan fingerprint density at radius 2 is 0.513 bits per heavy atom. The highest BCUT2D eigenvalue weighted by atomic mass is 16.5. The number of hydrogen-bond acceptors (Lipinski definition) is 10. The maximum atomic E-state index is 13.8. The van der Waals surface area contributed by atoms with Crippen molar-refractivity contribution in [1.29, 1.82) is 0 Å². The van der Waals surface area contributed by atoms with Crippen molar-refractivity contribution in [1.82, 2.24) is 19.9 Å². The Kier molecular flexibility index (Phi) is 12.3. The van der Waals surface area contributed by atoms with Crippen LogP contribution in [-0.4, -0.2) is 72.3 Å². The number of aromatic amines is 2. The summed E-state index contributed by atoms with van der Waals surface area (Å²) in [7, 11) is 5.10. The first-order chi connectivity index (χ1) is 36.8. The minimum atomic E-state index is -0.718. The Morgan fingerprint density at radius 3 is 0.697 bits per heavy atom. The molecule has 2 N–H and O–H groups in total. The fourth-order valence-electron chi connectivity index (χ4n) is 10.3. The van der Waals surface area contributed by atoms with E-state index in [1.807, 2.05) is 149 Å². The Balaban J connectivity index is 1.44. The molecule has 0 amide bonds. The lowest BCUT2D eigenvalue weighted by Crippen LogP contribution is -2.12. The summed E-state index contributed by atoms with van der Waals surface area (Å²) in [6.45, 7) is 8.09. The summed E-state index contributed by atoms with van der Waals surface area (Å²) >= 11 is 0. The third-order valence-corrected chi connectivity index (χ3v) is 14.2. The molecule has 0 spiro atoms. The standard InChI is InChI=1S/C64H50N4O8/c1-33-9-17-37(18-10-33)53-49-25-26-50(65-49)54(38-19-11-34(2)12-20-38)59-43-31-47(63(71)75-7)48(64(72)76-8)32-44(43)60(68-59)56(40-23-15-36(4)16-24-40)52-28-27-51(66-52)55(39-21-13-35(3)14-22-39)58-42-30-46(62(70)74-6)45(61(69)73-5)29-41(42)57(53)67-58/h9-32,65-66H,1-8H3. The first-order valence-corrected chi connectivity index (χ1v) is 24.6. The van der Waals surface area contributed by atoms with Gasteiger partial charge in [0.15, 0.2) is 0 Å². The third kappa shape index (κ3) is 8.30. The highest BCUT2D eigenvalue weighted by Crippen LogP contribution is 2.50. The number of aryl methyl sites for hydroxylation is 4. The minimum absolute atomic E-state index is 0.0150. The molecular formula is C64H50N4O8. The molecule has 12 heteroatoms. The number of rotatable bonds is 8. The maximum Gasteiger partial charge on any atom is 0.338 e. The molecule has 2 aliphatic heterocycles. The van der Waals surface area contributed by atoms with Gasteiger partial charge < -0.3 is 28.9 Å². The number of esters is 4. The van der Waals surface area contributed by atoms with Crippen LogP contribution in [-0.2, 0) is 18.9 Å². The van der Waals surface area contributed by atoms with Crippen LogP contribution in [0.25, 0.3) is 112 Å². The number of ether oxygens (including phenoxy) is 4. The number of H-pyrrole nitrogens is 2. The van der Waals surface area contributed by atoms with Crippen LogP contribution in [0.4, 0.5) is 0 Å². The van der Waals surface area contributed by atoms with Crippen LogP contribution in [0.1, 0.15) is 63.7 Å². The SMILES string of the molecule is COC(=O)c1cc2c(cc1C(=O)OC)-c1nc-2c(-c2ccc(C)cc2)c2ccc([nH]2)c(-c2ccc(C)cc2)c2nc(c(-c3ccc(C)cc3)c3ccc([nH]3)c1-c1ccc(C)cc1)-c1cc(C(=O)OC)c(C(=O)OC)cc1-2. The van der Waals surface area contributed by atoms with Gasteiger partial charge in [0.25, 0.3) is 0 Å². The molecule has 0 radical (unpaired) electrons. The van der Waals surface area contributed by atoms with Crippen LogP contribution < -0.4 is 0 Å². The van der Waals surface area contributed by atoms with Gasteiger partial charge in [-0.3, -0.25) is 0 Å². The lowest BCUT2D eigenvalue weighted by molar-refractivity contribution is 0.0555. The zero-order valence-electron chi connectivity index (χ0n) is 43.0. The van der Waals surface area contributed by atoms with Gasteiger partial charge in [-0.1, -0.05) is 119 Å². The average molecular weight is 1000 g/mol. The summed E-state index contributed by atoms with van der Waals surface area (Å²) in [4.78, 5) is 74.2. The highest BCUT2D eigenvalue weighted by Gasteiger charge is 2.33. The van der Waals surface area contributed by atoms with E-state index in [-0.39, 0.29) is 22.3 Å². The normalized spacial score (nSPS) is 11.4. The average Bonchev–Trinajstić information content (AvgIpc) is 4.28. The summed E-state index contributed by atoms with van der Waals surface area (Å²) < 4.78 is 21.3. The molecule has 8 bridgehead atoms. The fourth-order valence-corrected chi connectivity index (χ4v) is 10.3. The van der Waals surface area contributed by atoms with Gasteiger partial charge in [0.2, 0.25) is 0 Å². The number of methoxy groups -OCH3 is 4. The molecule has 0 atom stereocenters. The van der Waals surface area contributed by atoms with Gasteiger partial charge in [0.1, 0.15) is 0 Å². The number of aromatic nitrogens is 4. The van der Waals surface area contributed by atoms with Crippen LogP contribution in [0.5, 0.6) is 0 Å². The smallest absolute Gasteiger partial charge is 0.338 e. The van der Waals surface area contributed by atoms with Gasteiger partial charge in [-0.2, -0.15) is 0 Å². The van der Waals surface area contributed by atoms with E-state index in [4.69, 9.17) is 28.9 Å². The third-order valence-electron chi connectivity index (χ3n) is 14.2. The van der Waals surface area contributed by atoms with Gasteiger partial charge in [-0.15, -0.1) is 0 Å². The topological polar surface area (TPSA) is 163 Å². The molecule has 0 unspecified atom stereocenters. The summed E-state index contributed by atoms with van der Waals surface area (Å²) in [6, 6.07) is 47.2. The minimum Gasteiger partial charge on any atom is -0.465 e. The van der Waals surface area contributed by atoms with Crippen LogP contribution in [0.2, 0.25) is 0 Å². The van der Waals surface area contributed by atoms with Gasteiger partial charge in [-0.05, 0) is 98.5 Å². The lowest BCUT2D eigenvalue weighted by Gasteiger charge is -2.13. The number of nitrogens with one attached hydrogen (secondary N) is 2. The molecule has 6 aromatic carbocycles. The Hall–Kier alpha value is -9.68. The molecule has 0 aliphatic carbocycles. The predicted octanol–water partition coefficient (Wildman–Crippen LogP) is 14.0. The second kappa shape index (κ2) is 19.3. The van der Waals surface area contributed by atoms with Gasteiger partial charge in [0.05, 0.1) is 73.5 Å². The fraction of sp³-hybridized carbons (Fsp3) is 0.125. The number of carbonyl (C=O) groups excluding carboxylic acids is 4. The molecule has 0 fully saturated rings. The maximum absolute atomic E-state index is 13.8. The van der Waals surface area contributed by atoms with Crippen molar-refractivity contribution in [2.75, 3.05) is 28.4 Å². The molecule has 374 valence electrons. The molecule has 5 heterocycles. The summed E-state index contributed by atoms with van der Waals surface area (Å²) in [5.41, 5.74) is 17.4. The summed E-state index contributed by atoms with van der Waals surface area (Å²) in [5, 5.41) is 0. The van der Waals surface area contributed by atoms with Crippen LogP contribution in [0.3, 0.4) is 0 Å². The first kappa shape index (κ1) is 48.6.